The van der Waals surface area contributed by atoms with Crippen molar-refractivity contribution in [1.29, 1.82) is 0 Å². The number of rotatable bonds is 3. The highest BCUT2D eigenvalue weighted by atomic mass is 32.2. The Kier molecular flexibility index (Phi) is 1.94. The van der Waals surface area contributed by atoms with Crippen molar-refractivity contribution >= 4 is 9.84 Å². The molecule has 0 aromatic heterocycles. The second-order valence-corrected chi connectivity index (χ2v) is 4.75. The van der Waals surface area contributed by atoms with E-state index < -0.39 is 27.3 Å². The molecule has 0 atom stereocenters. The molecule has 0 bridgehead atoms. The summed E-state index contributed by atoms with van der Waals surface area (Å²) in [6, 6.07) is 0. The number of halogens is 2. The molecule has 0 unspecified atom stereocenters. The van der Waals surface area contributed by atoms with Crippen molar-refractivity contribution < 1.29 is 17.2 Å². The van der Waals surface area contributed by atoms with Crippen LogP contribution in [0, 0.1) is 0 Å². The third-order valence-electron chi connectivity index (χ3n) is 1.39. The van der Waals surface area contributed by atoms with Crippen LogP contribution in [0.5, 0.6) is 0 Å². The molecule has 0 heterocycles. The topological polar surface area (TPSA) is 34.1 Å². The SMILES string of the molecule is O=S(=O)(CC(F)F)C1CC1. The Hall–Kier alpha value is -0.190. The summed E-state index contributed by atoms with van der Waals surface area (Å²) in [6.45, 7) is 0. The van der Waals surface area contributed by atoms with Crippen molar-refractivity contribution in [2.45, 2.75) is 24.5 Å². The number of hydrogen-bond acceptors (Lipinski definition) is 2. The second kappa shape index (κ2) is 2.45. The molecule has 1 fully saturated rings. The van der Waals surface area contributed by atoms with Gasteiger partial charge in [-0.15, -0.1) is 0 Å². The molecule has 1 rings (SSSR count). The van der Waals surface area contributed by atoms with Crippen molar-refractivity contribution in [3.05, 3.63) is 0 Å². The minimum Gasteiger partial charge on any atom is -0.228 e. The Labute approximate surface area is 58.1 Å². The van der Waals surface area contributed by atoms with Gasteiger partial charge in [-0.05, 0) is 12.8 Å². The monoisotopic (exact) mass is 170 g/mol. The van der Waals surface area contributed by atoms with Gasteiger partial charge in [0.2, 0.25) is 0 Å². The summed E-state index contributed by atoms with van der Waals surface area (Å²) in [7, 11) is -3.44. The van der Waals surface area contributed by atoms with E-state index in [-0.39, 0.29) is 0 Å². The fourth-order valence-corrected chi connectivity index (χ4v) is 2.22. The first-order valence-corrected chi connectivity index (χ1v) is 4.73. The van der Waals surface area contributed by atoms with Gasteiger partial charge in [-0.1, -0.05) is 0 Å². The molecule has 0 spiro atoms. The first kappa shape index (κ1) is 7.91. The van der Waals surface area contributed by atoms with Gasteiger partial charge in [0, 0.05) is 0 Å². The van der Waals surface area contributed by atoms with Crippen LogP contribution in [0.1, 0.15) is 12.8 Å². The fourth-order valence-electron chi connectivity index (χ4n) is 0.739. The minimum absolute atomic E-state index is 0.457. The van der Waals surface area contributed by atoms with Crippen molar-refractivity contribution in [3.8, 4) is 0 Å². The summed E-state index contributed by atoms with van der Waals surface area (Å²) in [4.78, 5) is 0. The molecular weight excluding hydrogens is 162 g/mol. The zero-order chi connectivity index (χ0) is 7.78. The van der Waals surface area contributed by atoms with Crippen LogP contribution in [0.25, 0.3) is 0 Å². The van der Waals surface area contributed by atoms with Gasteiger partial charge >= 0.3 is 0 Å². The third-order valence-corrected chi connectivity index (χ3v) is 3.59. The average molecular weight is 170 g/mol. The lowest BCUT2D eigenvalue weighted by molar-refractivity contribution is 0.174. The summed E-state index contributed by atoms with van der Waals surface area (Å²) < 4.78 is 44.5. The summed E-state index contributed by atoms with van der Waals surface area (Å²) >= 11 is 0. The van der Waals surface area contributed by atoms with Crippen molar-refractivity contribution in [3.63, 3.8) is 0 Å². The Morgan fingerprint density at radius 3 is 2.20 bits per heavy atom. The summed E-state index contributed by atoms with van der Waals surface area (Å²) in [6.07, 6.45) is -1.59. The maximum absolute atomic E-state index is 11.5. The zero-order valence-electron chi connectivity index (χ0n) is 5.26. The third kappa shape index (κ3) is 1.90. The van der Waals surface area contributed by atoms with Crippen LogP contribution in [-0.2, 0) is 9.84 Å². The molecule has 0 aliphatic heterocycles. The lowest BCUT2D eigenvalue weighted by Gasteiger charge is -1.98. The van der Waals surface area contributed by atoms with E-state index in [1.54, 1.807) is 0 Å². The standard InChI is InChI=1S/C5H8F2O2S/c6-5(7)3-10(8,9)4-1-2-4/h4-5H,1-3H2. The van der Waals surface area contributed by atoms with Gasteiger partial charge in [-0.2, -0.15) is 0 Å². The second-order valence-electron chi connectivity index (χ2n) is 2.42. The van der Waals surface area contributed by atoms with Gasteiger partial charge in [0.15, 0.2) is 9.84 Å². The molecule has 0 N–H and O–H groups in total. The number of alkyl halides is 2. The predicted molar refractivity (Wildman–Crippen MR) is 32.8 cm³/mol. The van der Waals surface area contributed by atoms with Gasteiger partial charge in [-0.25, -0.2) is 17.2 Å². The van der Waals surface area contributed by atoms with E-state index in [1.807, 2.05) is 0 Å². The molecule has 1 aliphatic rings. The molecule has 5 heteroatoms. The maximum atomic E-state index is 11.5. The molecule has 1 aliphatic carbocycles. The average Bonchev–Trinajstić information content (AvgIpc) is 2.35. The van der Waals surface area contributed by atoms with Crippen LogP contribution in [0.3, 0.4) is 0 Å². The first-order chi connectivity index (χ1) is 4.52. The highest BCUT2D eigenvalue weighted by molar-refractivity contribution is 7.92. The number of hydrogen-bond donors (Lipinski definition) is 0. The van der Waals surface area contributed by atoms with Crippen LogP contribution < -0.4 is 0 Å². The Balaban J connectivity index is 2.51. The van der Waals surface area contributed by atoms with Gasteiger partial charge in [0.05, 0.1) is 5.25 Å². The van der Waals surface area contributed by atoms with Crippen molar-refractivity contribution in [2.75, 3.05) is 5.75 Å². The Morgan fingerprint density at radius 1 is 1.40 bits per heavy atom. The molecule has 60 valence electrons. The fraction of sp³-hybridized carbons (Fsp3) is 1.00. The minimum atomic E-state index is -3.44. The molecule has 1 saturated carbocycles. The quantitative estimate of drug-likeness (QED) is 0.628. The highest BCUT2D eigenvalue weighted by Crippen LogP contribution is 2.29. The summed E-state index contributed by atoms with van der Waals surface area (Å²) in [5.74, 6) is -0.961. The molecule has 10 heavy (non-hydrogen) atoms. The van der Waals surface area contributed by atoms with E-state index in [9.17, 15) is 17.2 Å². The van der Waals surface area contributed by atoms with Crippen LogP contribution >= 0.6 is 0 Å². The van der Waals surface area contributed by atoms with E-state index in [4.69, 9.17) is 0 Å². The largest absolute Gasteiger partial charge is 0.252 e. The maximum Gasteiger partial charge on any atom is 0.252 e. The van der Waals surface area contributed by atoms with Crippen LogP contribution in [0.4, 0.5) is 8.78 Å². The van der Waals surface area contributed by atoms with Gasteiger partial charge in [0.25, 0.3) is 6.43 Å². The number of sulfone groups is 1. The zero-order valence-corrected chi connectivity index (χ0v) is 6.07. The van der Waals surface area contributed by atoms with E-state index in [1.165, 1.54) is 0 Å². The summed E-state index contributed by atoms with van der Waals surface area (Å²) in [5.41, 5.74) is 0. The lowest BCUT2D eigenvalue weighted by Crippen LogP contribution is -2.17. The summed E-state index contributed by atoms with van der Waals surface area (Å²) in [5, 5.41) is -0.457. The predicted octanol–water partition coefficient (Wildman–Crippen LogP) is 0.829. The normalized spacial score (nSPS) is 19.9. The Bertz CT molecular complexity index is 206. The molecule has 0 aromatic carbocycles. The van der Waals surface area contributed by atoms with Gasteiger partial charge in [-0.3, -0.25) is 0 Å². The highest BCUT2D eigenvalue weighted by Gasteiger charge is 2.37. The lowest BCUT2D eigenvalue weighted by atomic mass is 10.9. The van der Waals surface area contributed by atoms with E-state index in [0.717, 1.165) is 0 Å². The molecule has 0 aromatic rings. The molecule has 0 saturated heterocycles. The molecular formula is C5H8F2O2S. The van der Waals surface area contributed by atoms with Crippen molar-refractivity contribution in [1.82, 2.24) is 0 Å². The van der Waals surface area contributed by atoms with E-state index in [0.29, 0.717) is 12.8 Å². The van der Waals surface area contributed by atoms with Crippen LogP contribution in [-0.4, -0.2) is 25.8 Å². The smallest absolute Gasteiger partial charge is 0.228 e. The molecule has 0 amide bonds. The van der Waals surface area contributed by atoms with Gasteiger partial charge in [0.1, 0.15) is 5.75 Å². The Morgan fingerprint density at radius 2 is 1.90 bits per heavy atom. The molecule has 2 nitrogen and oxygen atoms in total. The van der Waals surface area contributed by atoms with Gasteiger partial charge < -0.3 is 0 Å². The van der Waals surface area contributed by atoms with E-state index in [2.05, 4.69) is 0 Å². The van der Waals surface area contributed by atoms with Crippen LogP contribution in [0.2, 0.25) is 0 Å². The van der Waals surface area contributed by atoms with Crippen LogP contribution in [0.15, 0.2) is 0 Å². The van der Waals surface area contributed by atoms with E-state index >= 15 is 0 Å². The molecule has 0 radical (unpaired) electrons. The first-order valence-electron chi connectivity index (χ1n) is 3.02. The van der Waals surface area contributed by atoms with Crippen molar-refractivity contribution in [2.24, 2.45) is 0 Å².